The van der Waals surface area contributed by atoms with Gasteiger partial charge in [0.25, 0.3) is 5.56 Å². The largest absolute Gasteiger partial charge is 0.394 e. The van der Waals surface area contributed by atoms with Crippen LogP contribution < -0.4 is 17.0 Å². The number of H-pyrrole nitrogens is 1. The van der Waals surface area contributed by atoms with Gasteiger partial charge < -0.3 is 20.7 Å². The SMILES string of the molecule is Nc1cn([C@@H]2O[C@H](CO)C[C@@H]2O)c(=O)[nH]c1=O. The van der Waals surface area contributed by atoms with E-state index in [4.69, 9.17) is 15.6 Å². The molecule has 0 spiro atoms. The third-order valence-electron chi connectivity index (χ3n) is 2.64. The minimum absolute atomic E-state index is 0.146. The fourth-order valence-electron chi connectivity index (χ4n) is 1.79. The number of nitrogens with two attached hydrogens (primary N) is 1. The lowest BCUT2D eigenvalue weighted by atomic mass is 10.2. The summed E-state index contributed by atoms with van der Waals surface area (Å²) in [7, 11) is 0. The first-order chi connectivity index (χ1) is 8.02. The van der Waals surface area contributed by atoms with Crippen LogP contribution >= 0.6 is 0 Å². The van der Waals surface area contributed by atoms with Crippen LogP contribution in [-0.2, 0) is 4.74 Å². The Bertz CT molecular complexity index is 522. The van der Waals surface area contributed by atoms with Crippen molar-refractivity contribution in [3.8, 4) is 0 Å². The Morgan fingerprint density at radius 3 is 2.88 bits per heavy atom. The van der Waals surface area contributed by atoms with Gasteiger partial charge in [0.05, 0.1) is 12.7 Å². The van der Waals surface area contributed by atoms with Crippen molar-refractivity contribution in [3.05, 3.63) is 27.0 Å². The average Bonchev–Trinajstić information content (AvgIpc) is 2.65. The van der Waals surface area contributed by atoms with E-state index in [-0.39, 0.29) is 18.7 Å². The molecule has 1 aliphatic rings. The van der Waals surface area contributed by atoms with E-state index < -0.39 is 29.7 Å². The van der Waals surface area contributed by atoms with Gasteiger partial charge in [0, 0.05) is 12.6 Å². The van der Waals surface area contributed by atoms with Gasteiger partial charge in [-0.3, -0.25) is 14.3 Å². The number of aliphatic hydroxyl groups excluding tert-OH is 2. The van der Waals surface area contributed by atoms with Crippen LogP contribution in [0.5, 0.6) is 0 Å². The summed E-state index contributed by atoms with van der Waals surface area (Å²) in [5.41, 5.74) is 3.84. The van der Waals surface area contributed by atoms with Gasteiger partial charge in [0.2, 0.25) is 0 Å². The quantitative estimate of drug-likeness (QED) is 0.464. The van der Waals surface area contributed by atoms with Gasteiger partial charge in [0.1, 0.15) is 11.8 Å². The molecule has 0 aliphatic carbocycles. The first-order valence-electron chi connectivity index (χ1n) is 5.08. The van der Waals surface area contributed by atoms with Gasteiger partial charge in [-0.25, -0.2) is 4.79 Å². The number of ether oxygens (including phenoxy) is 1. The molecular formula is C9H13N3O5. The number of hydrogen-bond donors (Lipinski definition) is 4. The molecule has 0 saturated carbocycles. The third kappa shape index (κ3) is 2.09. The maximum absolute atomic E-state index is 11.5. The molecule has 17 heavy (non-hydrogen) atoms. The fourth-order valence-corrected chi connectivity index (χ4v) is 1.79. The molecule has 5 N–H and O–H groups in total. The lowest BCUT2D eigenvalue weighted by molar-refractivity contribution is -0.0529. The van der Waals surface area contributed by atoms with Crippen LogP contribution in [-0.4, -0.2) is 38.6 Å². The highest BCUT2D eigenvalue weighted by molar-refractivity contribution is 5.30. The highest BCUT2D eigenvalue weighted by atomic mass is 16.5. The summed E-state index contributed by atoms with van der Waals surface area (Å²) in [6.45, 7) is -0.249. The Labute approximate surface area is 95.3 Å². The molecule has 8 heteroatoms. The normalized spacial score (nSPS) is 28.5. The maximum atomic E-state index is 11.5. The number of nitrogen functional groups attached to an aromatic ring is 1. The molecule has 1 aliphatic heterocycles. The molecule has 1 aromatic heterocycles. The molecule has 8 nitrogen and oxygen atoms in total. The van der Waals surface area contributed by atoms with Crippen molar-refractivity contribution in [3.63, 3.8) is 0 Å². The zero-order valence-corrected chi connectivity index (χ0v) is 8.87. The number of nitrogens with zero attached hydrogens (tertiary/aromatic N) is 1. The topological polar surface area (TPSA) is 131 Å². The van der Waals surface area contributed by atoms with Crippen LogP contribution in [0.1, 0.15) is 12.6 Å². The Balaban J connectivity index is 2.38. The van der Waals surface area contributed by atoms with Crippen LogP contribution in [0.15, 0.2) is 15.8 Å². The Kier molecular flexibility index (Phi) is 3.01. The van der Waals surface area contributed by atoms with Crippen LogP contribution in [0.25, 0.3) is 0 Å². The lowest BCUT2D eigenvalue weighted by Gasteiger charge is -2.17. The first-order valence-corrected chi connectivity index (χ1v) is 5.08. The Morgan fingerprint density at radius 2 is 2.29 bits per heavy atom. The van der Waals surface area contributed by atoms with E-state index in [0.717, 1.165) is 10.8 Å². The molecule has 0 amide bonds. The van der Waals surface area contributed by atoms with Gasteiger partial charge in [0.15, 0.2) is 6.23 Å². The third-order valence-corrected chi connectivity index (χ3v) is 2.64. The van der Waals surface area contributed by atoms with E-state index in [0.29, 0.717) is 0 Å². The van der Waals surface area contributed by atoms with Crippen LogP contribution in [0.2, 0.25) is 0 Å². The molecule has 0 radical (unpaired) electrons. The molecule has 2 rings (SSSR count). The molecule has 0 aromatic carbocycles. The average molecular weight is 243 g/mol. The maximum Gasteiger partial charge on any atom is 0.330 e. The van der Waals surface area contributed by atoms with Gasteiger partial charge in [-0.2, -0.15) is 0 Å². The molecule has 1 saturated heterocycles. The predicted octanol–water partition coefficient (Wildman–Crippen LogP) is -2.24. The number of anilines is 1. The lowest BCUT2D eigenvalue weighted by Crippen LogP contribution is -2.36. The molecule has 2 heterocycles. The van der Waals surface area contributed by atoms with E-state index in [1.54, 1.807) is 0 Å². The standard InChI is InChI=1S/C9H13N3O5/c10-5-2-12(9(16)11-7(5)15)8-6(14)1-4(3-13)17-8/h2,4,6,8,13-14H,1,3,10H2,(H,11,15,16)/t4-,6-,8+/m0/s1. The zero-order valence-electron chi connectivity index (χ0n) is 8.87. The predicted molar refractivity (Wildman–Crippen MR) is 57.4 cm³/mol. The Hall–Kier alpha value is -1.64. The fraction of sp³-hybridized carbons (Fsp3) is 0.556. The van der Waals surface area contributed by atoms with Crippen molar-refractivity contribution >= 4 is 5.69 Å². The summed E-state index contributed by atoms with van der Waals surface area (Å²) in [5.74, 6) is 0. The first kappa shape index (κ1) is 11.8. The van der Waals surface area contributed by atoms with Gasteiger partial charge >= 0.3 is 5.69 Å². The summed E-state index contributed by atoms with van der Waals surface area (Å²) in [5, 5.41) is 18.6. The minimum Gasteiger partial charge on any atom is -0.394 e. The number of nitrogens with one attached hydrogen (secondary N) is 1. The highest BCUT2D eigenvalue weighted by Crippen LogP contribution is 2.27. The Morgan fingerprint density at radius 1 is 1.59 bits per heavy atom. The van der Waals surface area contributed by atoms with Crippen molar-refractivity contribution in [1.82, 2.24) is 9.55 Å². The van der Waals surface area contributed by atoms with E-state index in [2.05, 4.69) is 0 Å². The molecule has 0 unspecified atom stereocenters. The van der Waals surface area contributed by atoms with Crippen molar-refractivity contribution < 1.29 is 14.9 Å². The number of aliphatic hydroxyl groups is 2. The van der Waals surface area contributed by atoms with Crippen LogP contribution in [0.4, 0.5) is 5.69 Å². The summed E-state index contributed by atoms with van der Waals surface area (Å²) >= 11 is 0. The zero-order chi connectivity index (χ0) is 12.6. The van der Waals surface area contributed by atoms with Crippen molar-refractivity contribution in [1.29, 1.82) is 0 Å². The molecule has 1 fully saturated rings. The smallest absolute Gasteiger partial charge is 0.330 e. The second kappa shape index (κ2) is 4.32. The number of aromatic amines is 1. The monoisotopic (exact) mass is 243 g/mol. The molecular weight excluding hydrogens is 230 g/mol. The number of rotatable bonds is 2. The minimum atomic E-state index is -0.946. The van der Waals surface area contributed by atoms with Crippen molar-refractivity contribution in [2.24, 2.45) is 0 Å². The van der Waals surface area contributed by atoms with Crippen molar-refractivity contribution in [2.45, 2.75) is 24.9 Å². The van der Waals surface area contributed by atoms with E-state index in [1.807, 2.05) is 4.98 Å². The molecule has 1 aromatic rings. The van der Waals surface area contributed by atoms with Gasteiger partial charge in [-0.15, -0.1) is 0 Å². The van der Waals surface area contributed by atoms with Gasteiger partial charge in [-0.05, 0) is 0 Å². The van der Waals surface area contributed by atoms with Crippen molar-refractivity contribution in [2.75, 3.05) is 12.3 Å². The second-order valence-corrected chi connectivity index (χ2v) is 3.89. The van der Waals surface area contributed by atoms with E-state index >= 15 is 0 Å². The van der Waals surface area contributed by atoms with Crippen LogP contribution in [0, 0.1) is 0 Å². The summed E-state index contributed by atoms with van der Waals surface area (Å²) < 4.78 is 6.28. The molecule has 3 atom stereocenters. The highest BCUT2D eigenvalue weighted by Gasteiger charge is 2.35. The molecule has 0 bridgehead atoms. The summed E-state index contributed by atoms with van der Waals surface area (Å²) in [4.78, 5) is 24.6. The summed E-state index contributed by atoms with van der Waals surface area (Å²) in [6, 6.07) is 0. The number of hydrogen-bond acceptors (Lipinski definition) is 6. The molecule has 94 valence electrons. The van der Waals surface area contributed by atoms with E-state index in [9.17, 15) is 14.7 Å². The second-order valence-electron chi connectivity index (χ2n) is 3.89. The summed E-state index contributed by atoms with van der Waals surface area (Å²) in [6.07, 6.45) is -1.08. The van der Waals surface area contributed by atoms with Gasteiger partial charge in [-0.1, -0.05) is 0 Å². The van der Waals surface area contributed by atoms with E-state index in [1.165, 1.54) is 0 Å². The van der Waals surface area contributed by atoms with Crippen LogP contribution in [0.3, 0.4) is 0 Å². The number of aromatic nitrogens is 2.